The summed E-state index contributed by atoms with van der Waals surface area (Å²) in [4.78, 5) is 46.3. The van der Waals surface area contributed by atoms with Gasteiger partial charge in [0.25, 0.3) is 5.91 Å². The predicted octanol–water partition coefficient (Wildman–Crippen LogP) is 3.78. The zero-order chi connectivity index (χ0) is 31.5. The summed E-state index contributed by atoms with van der Waals surface area (Å²) in [7, 11) is 0. The minimum atomic E-state index is -0.295. The summed E-state index contributed by atoms with van der Waals surface area (Å²) in [5, 5.41) is 0. The minimum absolute atomic E-state index is 0.0804. The minimum Gasteiger partial charge on any atom is -0.456 e. The average Bonchev–Trinajstić information content (AvgIpc) is 3.85. The van der Waals surface area contributed by atoms with E-state index in [9.17, 15) is 9.59 Å². The number of aromatic amines is 1. The van der Waals surface area contributed by atoms with E-state index < -0.39 is 0 Å². The van der Waals surface area contributed by atoms with Crippen molar-refractivity contribution < 1.29 is 14.3 Å². The van der Waals surface area contributed by atoms with Gasteiger partial charge in [0.05, 0.1) is 13.1 Å². The number of piperidine rings is 1. The van der Waals surface area contributed by atoms with Gasteiger partial charge in [-0.2, -0.15) is 0 Å². The number of hydrogen-bond donors (Lipinski definition) is 1. The quantitative estimate of drug-likeness (QED) is 0.210. The van der Waals surface area contributed by atoms with Gasteiger partial charge in [-0.3, -0.25) is 14.5 Å². The molecule has 11 nitrogen and oxygen atoms in total. The number of carbonyl (C=O) groups excluding carboxylic acids is 2. The maximum atomic E-state index is 12.3. The van der Waals surface area contributed by atoms with E-state index in [1.807, 2.05) is 12.4 Å². The number of likely N-dealkylation sites (tertiary alicyclic amines) is 3. The van der Waals surface area contributed by atoms with Crippen molar-refractivity contribution in [1.82, 2.24) is 39.1 Å². The molecule has 0 aromatic carbocycles. The number of unbranched alkanes of at least 4 members (excludes halogenated alkanes) is 1. The number of hydrogen-bond acceptors (Lipinski definition) is 8. The Morgan fingerprint density at radius 2 is 1.73 bits per heavy atom. The van der Waals surface area contributed by atoms with Crippen molar-refractivity contribution in [3.05, 3.63) is 36.4 Å². The monoisotopic (exact) mass is 624 g/mol. The molecule has 11 heteroatoms. The van der Waals surface area contributed by atoms with Gasteiger partial charge in [-0.05, 0) is 95.4 Å². The molecule has 45 heavy (non-hydrogen) atoms. The van der Waals surface area contributed by atoms with E-state index in [4.69, 9.17) is 9.72 Å². The van der Waals surface area contributed by atoms with E-state index in [1.165, 1.54) is 52.0 Å². The molecule has 1 amide bonds. The molecule has 0 saturated carbocycles. The maximum Gasteiger partial charge on any atom is 0.306 e. The van der Waals surface area contributed by atoms with E-state index >= 15 is 0 Å². The number of ether oxygens (including phenoxy) is 1. The number of H-pyrrole nitrogens is 1. The highest BCUT2D eigenvalue weighted by Crippen LogP contribution is 2.40. The Labute approximate surface area is 269 Å². The molecule has 1 N–H and O–H groups in total. The molecule has 3 aliphatic heterocycles. The standard InChI is InChI=1S/C34H56N8O3/c1-29(2)24-38-20-9-34(10-21-38)11-22-39(28-34)16-7-19-41-23-14-37-31(41)26-40(25-30-35-12-13-36-30)15-4-3-8-33(44)45-27-32(43)42-17-5-6-18-42/h12-14,23,29H,3-11,15-22,24-28H2,1-2H3,(H,35,36). The van der Waals surface area contributed by atoms with Crippen molar-refractivity contribution in [3.8, 4) is 0 Å². The molecule has 2 aromatic rings. The summed E-state index contributed by atoms with van der Waals surface area (Å²) in [5.74, 6) is 2.37. The third-order valence-electron chi connectivity index (χ3n) is 9.95. The van der Waals surface area contributed by atoms with Crippen LogP contribution in [0.2, 0.25) is 0 Å². The molecule has 3 fully saturated rings. The number of nitrogens with one attached hydrogen (secondary N) is 1. The van der Waals surface area contributed by atoms with Gasteiger partial charge in [-0.15, -0.1) is 0 Å². The SMILES string of the molecule is CC(C)CN1CCC2(CC1)CCN(CCCn1ccnc1CN(CCCCC(=O)OCC(=O)N1CCCC1)Cc1ncc[nH]1)C2. The van der Waals surface area contributed by atoms with E-state index in [2.05, 4.69) is 49.3 Å². The average molecular weight is 625 g/mol. The Balaban J connectivity index is 1.03. The molecule has 0 radical (unpaired) electrons. The summed E-state index contributed by atoms with van der Waals surface area (Å²) in [5.41, 5.74) is 0.543. The highest BCUT2D eigenvalue weighted by molar-refractivity contribution is 5.80. The van der Waals surface area contributed by atoms with E-state index in [-0.39, 0.29) is 18.5 Å². The molecule has 0 atom stereocenters. The Morgan fingerprint density at radius 3 is 2.47 bits per heavy atom. The molecular formula is C34H56N8O3. The lowest BCUT2D eigenvalue weighted by Gasteiger charge is -2.40. The van der Waals surface area contributed by atoms with Gasteiger partial charge >= 0.3 is 5.97 Å². The first kappa shape index (κ1) is 33.6. The summed E-state index contributed by atoms with van der Waals surface area (Å²) >= 11 is 0. The van der Waals surface area contributed by atoms with E-state index in [1.54, 1.807) is 11.1 Å². The van der Waals surface area contributed by atoms with Crippen molar-refractivity contribution >= 4 is 11.9 Å². The lowest BCUT2D eigenvalue weighted by Crippen LogP contribution is -2.42. The fourth-order valence-electron chi connectivity index (χ4n) is 7.40. The number of amides is 1. The van der Waals surface area contributed by atoms with Crippen LogP contribution in [0, 0.1) is 11.3 Å². The van der Waals surface area contributed by atoms with Gasteiger partial charge in [0.2, 0.25) is 0 Å². The van der Waals surface area contributed by atoms with Crippen LogP contribution in [0.1, 0.15) is 83.3 Å². The van der Waals surface area contributed by atoms with Gasteiger partial charge in [0, 0.05) is 63.9 Å². The lowest BCUT2D eigenvalue weighted by molar-refractivity contribution is -0.151. The number of nitrogens with zero attached hydrogens (tertiary/aromatic N) is 7. The molecule has 0 bridgehead atoms. The van der Waals surface area contributed by atoms with Crippen LogP contribution >= 0.6 is 0 Å². The van der Waals surface area contributed by atoms with Crippen molar-refractivity contribution in [3.63, 3.8) is 0 Å². The zero-order valence-corrected chi connectivity index (χ0v) is 27.8. The highest BCUT2D eigenvalue weighted by atomic mass is 16.5. The summed E-state index contributed by atoms with van der Waals surface area (Å²) < 4.78 is 7.56. The first-order valence-corrected chi connectivity index (χ1v) is 17.5. The third kappa shape index (κ3) is 10.4. The number of esters is 1. The number of rotatable bonds is 17. The Bertz CT molecular complexity index is 1170. The molecule has 0 aliphatic carbocycles. The topological polar surface area (TPSA) is 103 Å². The lowest BCUT2D eigenvalue weighted by atomic mass is 9.77. The molecule has 250 valence electrons. The van der Waals surface area contributed by atoms with Crippen LogP contribution in [0.5, 0.6) is 0 Å². The van der Waals surface area contributed by atoms with Crippen LogP contribution in [-0.2, 0) is 34.0 Å². The maximum absolute atomic E-state index is 12.3. The van der Waals surface area contributed by atoms with Gasteiger partial charge in [-0.1, -0.05) is 13.8 Å². The molecule has 3 saturated heterocycles. The van der Waals surface area contributed by atoms with Crippen molar-refractivity contribution in [2.75, 3.05) is 65.5 Å². The van der Waals surface area contributed by atoms with Gasteiger partial charge < -0.3 is 29.0 Å². The van der Waals surface area contributed by atoms with Gasteiger partial charge in [0.1, 0.15) is 11.6 Å². The number of carbonyl (C=O) groups is 2. The van der Waals surface area contributed by atoms with Crippen molar-refractivity contribution in [1.29, 1.82) is 0 Å². The fourth-order valence-corrected chi connectivity index (χ4v) is 7.40. The van der Waals surface area contributed by atoms with Crippen LogP contribution in [0.3, 0.4) is 0 Å². The normalized spacial score (nSPS) is 19.0. The van der Waals surface area contributed by atoms with Gasteiger partial charge in [0.15, 0.2) is 6.61 Å². The zero-order valence-electron chi connectivity index (χ0n) is 27.8. The number of aryl methyl sites for hydroxylation is 1. The van der Waals surface area contributed by atoms with E-state index in [0.717, 1.165) is 82.5 Å². The predicted molar refractivity (Wildman–Crippen MR) is 174 cm³/mol. The fraction of sp³-hybridized carbons (Fsp3) is 0.765. The second-order valence-electron chi connectivity index (χ2n) is 14.1. The highest BCUT2D eigenvalue weighted by Gasteiger charge is 2.40. The van der Waals surface area contributed by atoms with Gasteiger partial charge in [-0.25, -0.2) is 9.97 Å². The van der Waals surface area contributed by atoms with Crippen molar-refractivity contribution in [2.45, 2.75) is 91.3 Å². The Hall–Kier alpha value is -2.76. The second kappa shape index (κ2) is 16.7. The molecule has 5 heterocycles. The van der Waals surface area contributed by atoms with Crippen molar-refractivity contribution in [2.24, 2.45) is 11.3 Å². The number of imidazole rings is 2. The van der Waals surface area contributed by atoms with Crippen LogP contribution in [0.4, 0.5) is 0 Å². The molecule has 2 aromatic heterocycles. The van der Waals surface area contributed by atoms with E-state index in [0.29, 0.717) is 24.8 Å². The first-order chi connectivity index (χ1) is 21.9. The molecule has 5 rings (SSSR count). The Kier molecular flexibility index (Phi) is 12.5. The second-order valence-corrected chi connectivity index (χ2v) is 14.1. The van der Waals surface area contributed by atoms with Crippen LogP contribution in [-0.4, -0.2) is 117 Å². The van der Waals surface area contributed by atoms with Crippen LogP contribution in [0.25, 0.3) is 0 Å². The Morgan fingerprint density at radius 1 is 0.956 bits per heavy atom. The van der Waals surface area contributed by atoms with Crippen LogP contribution in [0.15, 0.2) is 24.8 Å². The molecule has 0 unspecified atom stereocenters. The largest absolute Gasteiger partial charge is 0.456 e. The van der Waals surface area contributed by atoms with Crippen LogP contribution < -0.4 is 0 Å². The molecule has 3 aliphatic rings. The number of aromatic nitrogens is 4. The molecule has 1 spiro atoms. The first-order valence-electron chi connectivity index (χ1n) is 17.5. The third-order valence-corrected chi connectivity index (χ3v) is 9.95. The summed E-state index contributed by atoms with van der Waals surface area (Å²) in [6.45, 7) is 16.7. The summed E-state index contributed by atoms with van der Waals surface area (Å²) in [6, 6.07) is 0. The summed E-state index contributed by atoms with van der Waals surface area (Å²) in [6.07, 6.45) is 16.8. The smallest absolute Gasteiger partial charge is 0.306 e. The molecular weight excluding hydrogens is 568 g/mol.